The standard InChI is InChI=1S/C24H37N3O2S/c1-4-6-7-8-19-9-11-20(12-10-19)23(29)27-15-13-24(14-16-27)26-21(17-30-24)22(28)25-18(3)5-2/h9-12,18,21,26H,4-8,13-17H2,1-3H3,(H,25,28)/t18-,21-/m0/s1. The van der Waals surface area contributed by atoms with E-state index in [4.69, 9.17) is 0 Å². The number of carbonyl (C=O) groups excluding carboxylic acids is 2. The molecule has 0 unspecified atom stereocenters. The lowest BCUT2D eigenvalue weighted by Crippen LogP contribution is -2.55. The fourth-order valence-corrected chi connectivity index (χ4v) is 5.58. The van der Waals surface area contributed by atoms with Gasteiger partial charge >= 0.3 is 0 Å². The summed E-state index contributed by atoms with van der Waals surface area (Å²) in [5.74, 6) is 1.03. The van der Waals surface area contributed by atoms with E-state index >= 15 is 0 Å². The van der Waals surface area contributed by atoms with E-state index in [1.807, 2.05) is 35.7 Å². The maximum Gasteiger partial charge on any atom is 0.253 e. The highest BCUT2D eigenvalue weighted by atomic mass is 32.2. The number of thioether (sulfide) groups is 1. The molecular weight excluding hydrogens is 394 g/mol. The van der Waals surface area contributed by atoms with E-state index in [1.165, 1.54) is 24.8 Å². The predicted molar refractivity (Wildman–Crippen MR) is 125 cm³/mol. The Bertz CT molecular complexity index is 714. The molecular formula is C24H37N3O2S. The van der Waals surface area contributed by atoms with Crippen molar-refractivity contribution in [2.45, 2.75) is 82.7 Å². The van der Waals surface area contributed by atoms with Crippen molar-refractivity contribution in [2.75, 3.05) is 18.8 Å². The second-order valence-electron chi connectivity index (χ2n) is 8.77. The largest absolute Gasteiger partial charge is 0.352 e. The minimum absolute atomic E-state index is 0.0720. The van der Waals surface area contributed by atoms with E-state index in [1.54, 1.807) is 0 Å². The van der Waals surface area contributed by atoms with Crippen LogP contribution < -0.4 is 10.6 Å². The van der Waals surface area contributed by atoms with Crippen molar-refractivity contribution in [3.05, 3.63) is 35.4 Å². The van der Waals surface area contributed by atoms with Crippen LogP contribution in [0, 0.1) is 0 Å². The van der Waals surface area contributed by atoms with E-state index in [-0.39, 0.29) is 28.8 Å². The van der Waals surface area contributed by atoms with Gasteiger partial charge in [-0.25, -0.2) is 0 Å². The number of amides is 2. The van der Waals surface area contributed by atoms with Gasteiger partial charge in [0.05, 0.1) is 10.9 Å². The zero-order valence-electron chi connectivity index (χ0n) is 18.7. The maximum atomic E-state index is 12.9. The van der Waals surface area contributed by atoms with Crippen LogP contribution in [-0.2, 0) is 11.2 Å². The summed E-state index contributed by atoms with van der Waals surface area (Å²) in [7, 11) is 0. The zero-order valence-corrected chi connectivity index (χ0v) is 19.5. The van der Waals surface area contributed by atoms with Gasteiger partial charge in [0.1, 0.15) is 0 Å². The molecule has 3 rings (SSSR count). The van der Waals surface area contributed by atoms with Crippen molar-refractivity contribution in [2.24, 2.45) is 0 Å². The Kier molecular flexibility index (Phi) is 8.23. The summed E-state index contributed by atoms with van der Waals surface area (Å²) < 4.78 is 0. The molecule has 2 fully saturated rings. The van der Waals surface area contributed by atoms with Crippen LogP contribution >= 0.6 is 11.8 Å². The van der Waals surface area contributed by atoms with Crippen molar-refractivity contribution in [3.63, 3.8) is 0 Å². The number of rotatable bonds is 8. The fraction of sp³-hybridized carbons (Fsp3) is 0.667. The number of unbranched alkanes of at least 4 members (excludes halogenated alkanes) is 2. The van der Waals surface area contributed by atoms with E-state index in [2.05, 4.69) is 36.6 Å². The first-order chi connectivity index (χ1) is 14.5. The van der Waals surface area contributed by atoms with Crippen molar-refractivity contribution in [1.82, 2.24) is 15.5 Å². The Balaban J connectivity index is 1.49. The fourth-order valence-electron chi connectivity index (χ4n) is 4.17. The summed E-state index contributed by atoms with van der Waals surface area (Å²) in [5.41, 5.74) is 2.09. The van der Waals surface area contributed by atoms with Crippen molar-refractivity contribution >= 4 is 23.6 Å². The van der Waals surface area contributed by atoms with Gasteiger partial charge in [0.15, 0.2) is 0 Å². The normalized spacial score (nSPS) is 21.6. The number of piperidine rings is 1. The molecule has 2 N–H and O–H groups in total. The Labute approximate surface area is 185 Å². The highest BCUT2D eigenvalue weighted by molar-refractivity contribution is 8.01. The molecule has 0 radical (unpaired) electrons. The molecule has 1 aromatic rings. The van der Waals surface area contributed by atoms with Gasteiger partial charge < -0.3 is 10.2 Å². The van der Waals surface area contributed by atoms with Crippen LogP contribution in [0.5, 0.6) is 0 Å². The van der Waals surface area contributed by atoms with E-state index in [0.29, 0.717) is 0 Å². The summed E-state index contributed by atoms with van der Waals surface area (Å²) >= 11 is 1.85. The van der Waals surface area contributed by atoms with Crippen LogP contribution in [-0.4, -0.2) is 52.5 Å². The number of hydrogen-bond donors (Lipinski definition) is 2. The van der Waals surface area contributed by atoms with Gasteiger partial charge in [-0.3, -0.25) is 14.9 Å². The first-order valence-corrected chi connectivity index (χ1v) is 12.5. The summed E-state index contributed by atoms with van der Waals surface area (Å²) in [6.07, 6.45) is 7.47. The molecule has 2 heterocycles. The molecule has 6 heteroatoms. The molecule has 2 aliphatic heterocycles. The quantitative estimate of drug-likeness (QED) is 0.612. The van der Waals surface area contributed by atoms with Crippen LogP contribution in [0.2, 0.25) is 0 Å². The lowest BCUT2D eigenvalue weighted by molar-refractivity contribution is -0.123. The van der Waals surface area contributed by atoms with Crippen molar-refractivity contribution < 1.29 is 9.59 Å². The summed E-state index contributed by atoms with van der Waals surface area (Å²) in [5, 5.41) is 6.66. The van der Waals surface area contributed by atoms with Gasteiger partial charge in [-0.15, -0.1) is 11.8 Å². The molecule has 0 bridgehead atoms. The van der Waals surface area contributed by atoms with E-state index < -0.39 is 0 Å². The Morgan fingerprint density at radius 3 is 2.53 bits per heavy atom. The summed E-state index contributed by atoms with van der Waals surface area (Å²) in [6.45, 7) is 7.80. The molecule has 1 aromatic carbocycles. The van der Waals surface area contributed by atoms with Gasteiger partial charge in [-0.2, -0.15) is 0 Å². The first kappa shape index (κ1) is 23.1. The number of likely N-dealkylation sites (tertiary alicyclic amines) is 1. The van der Waals surface area contributed by atoms with Gasteiger partial charge in [-0.05, 0) is 56.7 Å². The SMILES string of the molecule is CCCCCc1ccc(C(=O)N2CCC3(CC2)N[C@H](C(=O)N[C@@H](C)CC)CS3)cc1. The van der Waals surface area contributed by atoms with Crippen molar-refractivity contribution in [3.8, 4) is 0 Å². The molecule has 2 amide bonds. The number of nitrogens with one attached hydrogen (secondary N) is 2. The number of carbonyl (C=O) groups is 2. The monoisotopic (exact) mass is 431 g/mol. The highest BCUT2D eigenvalue weighted by Gasteiger charge is 2.44. The third-order valence-electron chi connectivity index (χ3n) is 6.41. The lowest BCUT2D eigenvalue weighted by atomic mass is 10.0. The number of nitrogens with zero attached hydrogens (tertiary/aromatic N) is 1. The highest BCUT2D eigenvalue weighted by Crippen LogP contribution is 2.39. The topological polar surface area (TPSA) is 61.4 Å². The van der Waals surface area contributed by atoms with Crippen LogP contribution in [0.1, 0.15) is 75.2 Å². The minimum Gasteiger partial charge on any atom is -0.352 e. The third-order valence-corrected chi connectivity index (χ3v) is 7.99. The second-order valence-corrected chi connectivity index (χ2v) is 10.2. The van der Waals surface area contributed by atoms with Gasteiger partial charge in [0.25, 0.3) is 5.91 Å². The predicted octanol–water partition coefficient (Wildman–Crippen LogP) is 3.97. The Morgan fingerprint density at radius 1 is 1.20 bits per heavy atom. The number of hydrogen-bond acceptors (Lipinski definition) is 4. The van der Waals surface area contributed by atoms with Crippen molar-refractivity contribution in [1.29, 1.82) is 0 Å². The van der Waals surface area contributed by atoms with Gasteiger partial charge in [-0.1, -0.05) is 38.8 Å². The molecule has 166 valence electrons. The first-order valence-electron chi connectivity index (χ1n) is 11.6. The van der Waals surface area contributed by atoms with Crippen LogP contribution in [0.3, 0.4) is 0 Å². The molecule has 1 spiro atoms. The lowest BCUT2D eigenvalue weighted by Gasteiger charge is -2.39. The van der Waals surface area contributed by atoms with Crippen LogP contribution in [0.25, 0.3) is 0 Å². The van der Waals surface area contributed by atoms with E-state index in [9.17, 15) is 9.59 Å². The summed E-state index contributed by atoms with van der Waals surface area (Å²) in [4.78, 5) is 27.3. The molecule has 0 aliphatic carbocycles. The average Bonchev–Trinajstić information content (AvgIpc) is 3.18. The Morgan fingerprint density at radius 2 is 1.90 bits per heavy atom. The molecule has 0 saturated carbocycles. The molecule has 30 heavy (non-hydrogen) atoms. The molecule has 5 nitrogen and oxygen atoms in total. The zero-order chi connectivity index (χ0) is 21.6. The van der Waals surface area contributed by atoms with Crippen LogP contribution in [0.15, 0.2) is 24.3 Å². The Hall–Kier alpha value is -1.53. The number of aryl methyl sites for hydroxylation is 1. The maximum absolute atomic E-state index is 12.9. The smallest absolute Gasteiger partial charge is 0.253 e. The molecule has 2 aliphatic rings. The molecule has 0 aromatic heterocycles. The summed E-state index contributed by atoms with van der Waals surface area (Å²) in [6, 6.07) is 8.23. The second kappa shape index (κ2) is 10.7. The van der Waals surface area contributed by atoms with Gasteiger partial charge in [0.2, 0.25) is 5.91 Å². The average molecular weight is 432 g/mol. The van der Waals surface area contributed by atoms with E-state index in [0.717, 1.165) is 50.1 Å². The van der Waals surface area contributed by atoms with Gasteiger partial charge in [0, 0.05) is 30.4 Å². The number of benzene rings is 1. The minimum atomic E-state index is -0.133. The third kappa shape index (κ3) is 5.79. The molecule has 2 saturated heterocycles. The molecule has 2 atom stereocenters. The van der Waals surface area contributed by atoms with Crippen LogP contribution in [0.4, 0.5) is 0 Å².